The molecule has 3 heteroatoms. The SMILES string of the molecule is CCC1CCCCC1Oc1ccc([C@H](C)N)nc1. The molecule has 18 heavy (non-hydrogen) atoms. The minimum atomic E-state index is -0.0166. The Hall–Kier alpha value is -1.09. The molecule has 3 nitrogen and oxygen atoms in total. The summed E-state index contributed by atoms with van der Waals surface area (Å²) in [6, 6.07) is 3.94. The molecule has 100 valence electrons. The first-order chi connectivity index (χ1) is 8.70. The largest absolute Gasteiger partial charge is 0.489 e. The summed E-state index contributed by atoms with van der Waals surface area (Å²) in [7, 11) is 0. The van der Waals surface area contributed by atoms with Gasteiger partial charge in [0.1, 0.15) is 11.9 Å². The van der Waals surface area contributed by atoms with Crippen LogP contribution in [0.5, 0.6) is 5.75 Å². The van der Waals surface area contributed by atoms with Gasteiger partial charge in [-0.1, -0.05) is 13.3 Å². The van der Waals surface area contributed by atoms with E-state index in [-0.39, 0.29) is 6.04 Å². The summed E-state index contributed by atoms with van der Waals surface area (Å²) < 4.78 is 6.09. The molecule has 2 N–H and O–H groups in total. The van der Waals surface area contributed by atoms with Crippen LogP contribution in [0.3, 0.4) is 0 Å². The Morgan fingerprint density at radius 1 is 1.39 bits per heavy atom. The smallest absolute Gasteiger partial charge is 0.138 e. The van der Waals surface area contributed by atoms with Crippen molar-refractivity contribution >= 4 is 0 Å². The topological polar surface area (TPSA) is 48.1 Å². The van der Waals surface area contributed by atoms with E-state index >= 15 is 0 Å². The van der Waals surface area contributed by atoms with Gasteiger partial charge in [-0.05, 0) is 50.7 Å². The standard InChI is InChI=1S/C15H24N2O/c1-3-12-6-4-5-7-15(12)18-13-8-9-14(11(2)16)17-10-13/h8-12,15H,3-7,16H2,1-2H3/t11-,12?,15?/m0/s1. The predicted molar refractivity (Wildman–Crippen MR) is 73.5 cm³/mol. The van der Waals surface area contributed by atoms with Crippen LogP contribution in [-0.4, -0.2) is 11.1 Å². The van der Waals surface area contributed by atoms with E-state index in [4.69, 9.17) is 10.5 Å². The van der Waals surface area contributed by atoms with Crippen molar-refractivity contribution in [2.75, 3.05) is 0 Å². The lowest BCUT2D eigenvalue weighted by Crippen LogP contribution is -2.29. The maximum Gasteiger partial charge on any atom is 0.138 e. The molecule has 1 aliphatic carbocycles. The Morgan fingerprint density at radius 3 is 2.78 bits per heavy atom. The van der Waals surface area contributed by atoms with E-state index < -0.39 is 0 Å². The fourth-order valence-corrected chi connectivity index (χ4v) is 2.70. The molecule has 0 amide bonds. The van der Waals surface area contributed by atoms with Crippen LogP contribution in [0.2, 0.25) is 0 Å². The summed E-state index contributed by atoms with van der Waals surface area (Å²) in [6.45, 7) is 4.20. The first-order valence-corrected chi connectivity index (χ1v) is 7.09. The molecular weight excluding hydrogens is 224 g/mol. The van der Waals surface area contributed by atoms with Gasteiger partial charge in [-0.2, -0.15) is 0 Å². The van der Waals surface area contributed by atoms with Crippen LogP contribution in [0.1, 0.15) is 57.7 Å². The van der Waals surface area contributed by atoms with Crippen LogP contribution in [0.15, 0.2) is 18.3 Å². The summed E-state index contributed by atoms with van der Waals surface area (Å²) in [4.78, 5) is 4.34. The molecule has 0 aliphatic heterocycles. The maximum absolute atomic E-state index is 6.09. The number of hydrogen-bond acceptors (Lipinski definition) is 3. The van der Waals surface area contributed by atoms with E-state index in [1.54, 1.807) is 6.20 Å². The molecule has 0 aromatic carbocycles. The van der Waals surface area contributed by atoms with E-state index in [2.05, 4.69) is 11.9 Å². The summed E-state index contributed by atoms with van der Waals surface area (Å²) in [5.41, 5.74) is 6.70. The van der Waals surface area contributed by atoms with Crippen LogP contribution in [0, 0.1) is 5.92 Å². The van der Waals surface area contributed by atoms with E-state index in [9.17, 15) is 0 Å². The number of nitrogens with zero attached hydrogens (tertiary/aromatic N) is 1. The van der Waals surface area contributed by atoms with Crippen molar-refractivity contribution in [2.45, 2.75) is 58.1 Å². The highest BCUT2D eigenvalue weighted by atomic mass is 16.5. The van der Waals surface area contributed by atoms with Crippen LogP contribution in [0.25, 0.3) is 0 Å². The van der Waals surface area contributed by atoms with Crippen molar-refractivity contribution in [1.82, 2.24) is 4.98 Å². The Balaban J connectivity index is 1.99. The lowest BCUT2D eigenvalue weighted by atomic mass is 9.85. The Labute approximate surface area is 110 Å². The van der Waals surface area contributed by atoms with E-state index in [0.29, 0.717) is 12.0 Å². The van der Waals surface area contributed by atoms with Crippen LogP contribution < -0.4 is 10.5 Å². The van der Waals surface area contributed by atoms with E-state index in [1.165, 1.54) is 32.1 Å². The molecule has 3 atom stereocenters. The van der Waals surface area contributed by atoms with Crippen molar-refractivity contribution in [1.29, 1.82) is 0 Å². The van der Waals surface area contributed by atoms with Crippen LogP contribution >= 0.6 is 0 Å². The summed E-state index contributed by atoms with van der Waals surface area (Å²) in [5.74, 6) is 1.58. The molecule has 0 radical (unpaired) electrons. The maximum atomic E-state index is 6.09. The minimum Gasteiger partial charge on any atom is -0.489 e. The number of ether oxygens (including phenoxy) is 1. The first kappa shape index (κ1) is 13.3. The second-order valence-corrected chi connectivity index (χ2v) is 5.32. The van der Waals surface area contributed by atoms with Crippen molar-refractivity contribution in [3.05, 3.63) is 24.0 Å². The van der Waals surface area contributed by atoms with Gasteiger partial charge in [-0.15, -0.1) is 0 Å². The fourth-order valence-electron chi connectivity index (χ4n) is 2.70. The zero-order valence-electron chi connectivity index (χ0n) is 11.4. The number of rotatable bonds is 4. The molecular formula is C15H24N2O. The van der Waals surface area contributed by atoms with Gasteiger partial charge in [-0.25, -0.2) is 0 Å². The van der Waals surface area contributed by atoms with Crippen molar-refractivity contribution in [2.24, 2.45) is 11.7 Å². The first-order valence-electron chi connectivity index (χ1n) is 7.09. The van der Waals surface area contributed by atoms with Crippen molar-refractivity contribution < 1.29 is 4.74 Å². The zero-order chi connectivity index (χ0) is 13.0. The van der Waals surface area contributed by atoms with Gasteiger partial charge in [0.05, 0.1) is 11.9 Å². The molecule has 1 fully saturated rings. The lowest BCUT2D eigenvalue weighted by molar-refractivity contribution is 0.0900. The van der Waals surface area contributed by atoms with Gasteiger partial charge in [0.15, 0.2) is 0 Å². The quantitative estimate of drug-likeness (QED) is 0.887. The molecule has 1 heterocycles. The zero-order valence-corrected chi connectivity index (χ0v) is 11.4. The molecule has 0 spiro atoms. The van der Waals surface area contributed by atoms with Gasteiger partial charge >= 0.3 is 0 Å². The highest BCUT2D eigenvalue weighted by Crippen LogP contribution is 2.30. The second-order valence-electron chi connectivity index (χ2n) is 5.32. The summed E-state index contributed by atoms with van der Waals surface area (Å²) >= 11 is 0. The molecule has 2 unspecified atom stereocenters. The number of hydrogen-bond donors (Lipinski definition) is 1. The highest BCUT2D eigenvalue weighted by molar-refractivity contribution is 5.21. The fraction of sp³-hybridized carbons (Fsp3) is 0.667. The number of nitrogens with two attached hydrogens (primary N) is 1. The monoisotopic (exact) mass is 248 g/mol. The Bertz CT molecular complexity index is 361. The van der Waals surface area contributed by atoms with Gasteiger partial charge in [0.2, 0.25) is 0 Å². The van der Waals surface area contributed by atoms with E-state index in [0.717, 1.165) is 11.4 Å². The molecule has 0 saturated heterocycles. The number of pyridine rings is 1. The molecule has 1 aliphatic rings. The van der Waals surface area contributed by atoms with Crippen molar-refractivity contribution in [3.8, 4) is 5.75 Å². The number of aromatic nitrogens is 1. The minimum absolute atomic E-state index is 0.0166. The van der Waals surface area contributed by atoms with E-state index in [1.807, 2.05) is 19.1 Å². The third kappa shape index (κ3) is 3.22. The third-order valence-electron chi connectivity index (χ3n) is 3.88. The van der Waals surface area contributed by atoms with Gasteiger partial charge in [0.25, 0.3) is 0 Å². The summed E-state index contributed by atoms with van der Waals surface area (Å²) in [6.07, 6.45) is 8.48. The summed E-state index contributed by atoms with van der Waals surface area (Å²) in [5, 5.41) is 0. The van der Waals surface area contributed by atoms with Crippen LogP contribution in [-0.2, 0) is 0 Å². The Kier molecular flexibility index (Phi) is 4.59. The molecule has 2 rings (SSSR count). The molecule has 1 aromatic heterocycles. The lowest BCUT2D eigenvalue weighted by Gasteiger charge is -2.31. The third-order valence-corrected chi connectivity index (χ3v) is 3.88. The Morgan fingerprint density at radius 2 is 2.17 bits per heavy atom. The second kappa shape index (κ2) is 6.19. The predicted octanol–water partition coefficient (Wildman–Crippen LogP) is 3.45. The van der Waals surface area contributed by atoms with Gasteiger partial charge < -0.3 is 10.5 Å². The van der Waals surface area contributed by atoms with Crippen LogP contribution in [0.4, 0.5) is 0 Å². The molecule has 0 bridgehead atoms. The van der Waals surface area contributed by atoms with Gasteiger partial charge in [0, 0.05) is 6.04 Å². The molecule has 1 saturated carbocycles. The average Bonchev–Trinajstić information content (AvgIpc) is 2.40. The van der Waals surface area contributed by atoms with Gasteiger partial charge in [-0.3, -0.25) is 4.98 Å². The molecule has 1 aromatic rings. The normalized spacial score (nSPS) is 25.7. The highest BCUT2D eigenvalue weighted by Gasteiger charge is 2.25. The van der Waals surface area contributed by atoms with Crippen molar-refractivity contribution in [3.63, 3.8) is 0 Å². The average molecular weight is 248 g/mol.